The molecule has 1 saturated carbocycles. The molecule has 1 N–H and O–H groups in total. The molecule has 1 aliphatic carbocycles. The van der Waals surface area contributed by atoms with Gasteiger partial charge in [0, 0.05) is 18.7 Å². The topological polar surface area (TPSA) is 105 Å². The molecule has 38 heavy (non-hydrogen) atoms. The van der Waals surface area contributed by atoms with E-state index in [9.17, 15) is 18.0 Å². The molecule has 2 amide bonds. The Bertz CT molecular complexity index is 1260. The molecule has 1 unspecified atom stereocenters. The molecule has 0 aromatic heterocycles. The summed E-state index contributed by atoms with van der Waals surface area (Å²) >= 11 is 0. The van der Waals surface area contributed by atoms with Gasteiger partial charge in [-0.2, -0.15) is 0 Å². The largest absolute Gasteiger partial charge is 0.486 e. The monoisotopic (exact) mass is 543 g/mol. The first-order valence-corrected chi connectivity index (χ1v) is 14.8. The Morgan fingerprint density at radius 2 is 1.74 bits per heavy atom. The maximum Gasteiger partial charge on any atom is 0.244 e. The van der Waals surface area contributed by atoms with Gasteiger partial charge in [-0.25, -0.2) is 8.42 Å². The normalized spacial score (nSPS) is 16.1. The maximum atomic E-state index is 13.9. The van der Waals surface area contributed by atoms with Crippen molar-refractivity contribution in [3.05, 3.63) is 53.6 Å². The third-order valence-corrected chi connectivity index (χ3v) is 9.01. The quantitative estimate of drug-likeness (QED) is 0.493. The zero-order valence-electron chi connectivity index (χ0n) is 22.3. The van der Waals surface area contributed by atoms with E-state index in [0.29, 0.717) is 30.4 Å². The first-order chi connectivity index (χ1) is 18.2. The lowest BCUT2D eigenvalue weighted by molar-refractivity contribution is -0.139. The van der Waals surface area contributed by atoms with Crippen molar-refractivity contribution in [1.29, 1.82) is 0 Å². The molecule has 1 atom stereocenters. The molecule has 10 heteroatoms. The number of ether oxygens (including phenoxy) is 2. The lowest BCUT2D eigenvalue weighted by Crippen LogP contribution is -2.52. The van der Waals surface area contributed by atoms with Gasteiger partial charge in [0.1, 0.15) is 25.8 Å². The van der Waals surface area contributed by atoms with Gasteiger partial charge in [-0.15, -0.1) is 0 Å². The summed E-state index contributed by atoms with van der Waals surface area (Å²) < 4.78 is 38.7. The third kappa shape index (κ3) is 6.40. The minimum absolute atomic E-state index is 0.107. The first kappa shape index (κ1) is 27.8. The Kier molecular flexibility index (Phi) is 8.81. The Hall–Kier alpha value is -3.27. The van der Waals surface area contributed by atoms with Crippen molar-refractivity contribution in [2.45, 2.75) is 65.1 Å². The molecule has 1 aliphatic heterocycles. The van der Waals surface area contributed by atoms with E-state index >= 15 is 0 Å². The molecule has 2 aliphatic rings. The molecule has 2 aromatic rings. The zero-order chi connectivity index (χ0) is 27.3. The predicted molar refractivity (Wildman–Crippen MR) is 146 cm³/mol. The molecular formula is C28H37N3O6S. The minimum atomic E-state index is -3.83. The van der Waals surface area contributed by atoms with Gasteiger partial charge < -0.3 is 19.7 Å². The van der Waals surface area contributed by atoms with E-state index in [1.165, 1.54) is 11.8 Å². The number of hydrogen-bond acceptors (Lipinski definition) is 6. The van der Waals surface area contributed by atoms with Gasteiger partial charge >= 0.3 is 0 Å². The van der Waals surface area contributed by atoms with Crippen LogP contribution in [-0.2, 0) is 26.2 Å². The highest BCUT2D eigenvalue weighted by atomic mass is 32.2. The Morgan fingerprint density at radius 1 is 1.05 bits per heavy atom. The van der Waals surface area contributed by atoms with Crippen molar-refractivity contribution in [1.82, 2.24) is 10.2 Å². The second kappa shape index (κ2) is 12.1. The van der Waals surface area contributed by atoms with Gasteiger partial charge in [0.2, 0.25) is 21.8 Å². The molecule has 4 rings (SSSR count). The fourth-order valence-electron chi connectivity index (χ4n) is 4.85. The van der Waals surface area contributed by atoms with Gasteiger partial charge in [-0.05, 0) is 56.9 Å². The highest BCUT2D eigenvalue weighted by molar-refractivity contribution is 7.92. The van der Waals surface area contributed by atoms with E-state index in [4.69, 9.17) is 9.47 Å². The number of carbonyl (C=O) groups is 2. The van der Waals surface area contributed by atoms with Crippen LogP contribution in [0.1, 0.15) is 50.7 Å². The fraction of sp³-hybridized carbons (Fsp3) is 0.500. The smallest absolute Gasteiger partial charge is 0.244 e. The van der Waals surface area contributed by atoms with Crippen LogP contribution >= 0.6 is 0 Å². The van der Waals surface area contributed by atoms with Crippen LogP contribution in [-0.4, -0.2) is 62.7 Å². The zero-order valence-corrected chi connectivity index (χ0v) is 23.1. The molecule has 9 nitrogen and oxygen atoms in total. The molecule has 0 spiro atoms. The maximum absolute atomic E-state index is 13.9. The van der Waals surface area contributed by atoms with E-state index < -0.39 is 28.5 Å². The van der Waals surface area contributed by atoms with Crippen LogP contribution in [0.15, 0.2) is 42.5 Å². The van der Waals surface area contributed by atoms with Crippen molar-refractivity contribution in [3.8, 4) is 11.5 Å². The second-order valence-corrected chi connectivity index (χ2v) is 12.0. The van der Waals surface area contributed by atoms with Crippen molar-refractivity contribution in [2.75, 3.05) is 29.8 Å². The number of benzene rings is 2. The average Bonchev–Trinajstić information content (AvgIpc) is 3.43. The second-order valence-electron chi connectivity index (χ2n) is 9.85. The molecular weight excluding hydrogens is 506 g/mol. The van der Waals surface area contributed by atoms with Crippen LogP contribution in [0.5, 0.6) is 11.5 Å². The van der Waals surface area contributed by atoms with Gasteiger partial charge in [-0.1, -0.05) is 37.1 Å². The summed E-state index contributed by atoms with van der Waals surface area (Å²) in [6.07, 6.45) is 4.00. The number of hydrogen-bond donors (Lipinski definition) is 1. The van der Waals surface area contributed by atoms with Crippen LogP contribution in [0.2, 0.25) is 0 Å². The van der Waals surface area contributed by atoms with Gasteiger partial charge in [0.05, 0.1) is 11.4 Å². The standard InChI is InChI=1S/C28H37N3O6S/c1-4-38(34,35)31(24-13-14-25-26(17-24)37-16-15-36-25)19-27(32)30(18-22-10-6-5-9-20(22)2)21(3)28(33)29-23-11-7-8-12-23/h5-6,9-10,13-14,17,21,23H,4,7-8,11-12,15-16,18-19H2,1-3H3,(H,29,33). The molecule has 0 radical (unpaired) electrons. The summed E-state index contributed by atoms with van der Waals surface area (Å²) in [5.41, 5.74) is 2.19. The van der Waals surface area contributed by atoms with Crippen molar-refractivity contribution in [2.24, 2.45) is 0 Å². The molecule has 2 aromatic carbocycles. The number of nitrogens with one attached hydrogen (secondary N) is 1. The van der Waals surface area contributed by atoms with Crippen LogP contribution in [0.25, 0.3) is 0 Å². The fourth-order valence-corrected chi connectivity index (χ4v) is 5.91. The first-order valence-electron chi connectivity index (χ1n) is 13.2. The van der Waals surface area contributed by atoms with E-state index in [2.05, 4.69) is 5.32 Å². The highest BCUT2D eigenvalue weighted by Gasteiger charge is 2.32. The van der Waals surface area contributed by atoms with Crippen molar-refractivity contribution < 1.29 is 27.5 Å². The molecule has 1 fully saturated rings. The molecule has 0 saturated heterocycles. The number of rotatable bonds is 10. The number of carbonyl (C=O) groups excluding carboxylic acids is 2. The molecule has 1 heterocycles. The summed E-state index contributed by atoms with van der Waals surface area (Å²) in [5.74, 6) is 0.0685. The van der Waals surface area contributed by atoms with E-state index in [-0.39, 0.29) is 24.2 Å². The van der Waals surface area contributed by atoms with Gasteiger partial charge in [0.25, 0.3) is 0 Å². The Balaban J connectivity index is 1.63. The average molecular weight is 544 g/mol. The summed E-state index contributed by atoms with van der Waals surface area (Å²) in [4.78, 5) is 28.6. The Morgan fingerprint density at radius 3 is 2.42 bits per heavy atom. The summed E-state index contributed by atoms with van der Waals surface area (Å²) in [6, 6.07) is 11.8. The number of aryl methyl sites for hydroxylation is 1. The van der Waals surface area contributed by atoms with E-state index in [0.717, 1.165) is 41.1 Å². The van der Waals surface area contributed by atoms with Crippen LogP contribution in [0.3, 0.4) is 0 Å². The highest BCUT2D eigenvalue weighted by Crippen LogP contribution is 2.35. The number of fused-ring (bicyclic) bond motifs is 1. The van der Waals surface area contributed by atoms with Gasteiger partial charge in [-0.3, -0.25) is 13.9 Å². The summed E-state index contributed by atoms with van der Waals surface area (Å²) in [7, 11) is -3.83. The number of sulfonamides is 1. The van der Waals surface area contributed by atoms with Crippen LogP contribution < -0.4 is 19.1 Å². The van der Waals surface area contributed by atoms with Crippen LogP contribution in [0.4, 0.5) is 5.69 Å². The minimum Gasteiger partial charge on any atom is -0.486 e. The summed E-state index contributed by atoms with van der Waals surface area (Å²) in [5, 5.41) is 3.08. The number of anilines is 1. The number of amides is 2. The van der Waals surface area contributed by atoms with Crippen molar-refractivity contribution >= 4 is 27.5 Å². The lowest BCUT2D eigenvalue weighted by Gasteiger charge is -2.33. The molecule has 0 bridgehead atoms. The third-order valence-electron chi connectivity index (χ3n) is 7.26. The number of nitrogens with zero attached hydrogens (tertiary/aromatic N) is 2. The predicted octanol–water partition coefficient (Wildman–Crippen LogP) is 3.40. The van der Waals surface area contributed by atoms with E-state index in [1.54, 1.807) is 25.1 Å². The Labute approximate surface area is 225 Å². The SMILES string of the molecule is CCS(=O)(=O)N(CC(=O)N(Cc1ccccc1C)C(C)C(=O)NC1CCCC1)c1ccc2c(c1)OCCO2. The van der Waals surface area contributed by atoms with Crippen molar-refractivity contribution in [3.63, 3.8) is 0 Å². The summed E-state index contributed by atoms with van der Waals surface area (Å²) in [6.45, 7) is 5.69. The molecule has 206 valence electrons. The lowest BCUT2D eigenvalue weighted by atomic mass is 10.1. The van der Waals surface area contributed by atoms with Gasteiger partial charge in [0.15, 0.2) is 11.5 Å². The van der Waals surface area contributed by atoms with E-state index in [1.807, 2.05) is 31.2 Å². The van der Waals surface area contributed by atoms with Crippen LogP contribution in [0, 0.1) is 6.92 Å².